The Hall–Kier alpha value is -0.380. The van der Waals surface area contributed by atoms with Crippen LogP contribution in [0.1, 0.15) is 20.8 Å². The Morgan fingerprint density at radius 2 is 1.92 bits per heavy atom. The van der Waals surface area contributed by atoms with Crippen LogP contribution >= 0.6 is 7.60 Å². The van der Waals surface area contributed by atoms with E-state index in [4.69, 9.17) is 14.3 Å². The SMILES string of the molecule is CC(=NO)P1(=O)OCC(C)(C)CO1. The van der Waals surface area contributed by atoms with Crippen molar-refractivity contribution in [2.45, 2.75) is 20.8 Å². The van der Waals surface area contributed by atoms with Gasteiger partial charge in [0.2, 0.25) is 0 Å². The van der Waals surface area contributed by atoms with Gasteiger partial charge in [0, 0.05) is 5.41 Å². The summed E-state index contributed by atoms with van der Waals surface area (Å²) < 4.78 is 21.9. The summed E-state index contributed by atoms with van der Waals surface area (Å²) in [6.07, 6.45) is 0. The van der Waals surface area contributed by atoms with E-state index in [1.807, 2.05) is 13.8 Å². The molecule has 0 amide bonds. The molecular weight excluding hydrogens is 193 g/mol. The fourth-order valence-electron chi connectivity index (χ4n) is 0.840. The normalized spacial score (nSPS) is 27.2. The largest absolute Gasteiger partial charge is 0.410 e. The van der Waals surface area contributed by atoms with Crippen LogP contribution in [0, 0.1) is 5.41 Å². The Kier molecular flexibility index (Phi) is 2.80. The van der Waals surface area contributed by atoms with Crippen LogP contribution in [0.15, 0.2) is 5.16 Å². The summed E-state index contributed by atoms with van der Waals surface area (Å²) in [4.78, 5) is 0. The van der Waals surface area contributed by atoms with E-state index >= 15 is 0 Å². The lowest BCUT2D eigenvalue weighted by Gasteiger charge is -2.33. The molecule has 1 rings (SSSR count). The minimum atomic E-state index is -3.28. The van der Waals surface area contributed by atoms with Crippen LogP contribution in [0.25, 0.3) is 0 Å². The third kappa shape index (κ3) is 2.30. The van der Waals surface area contributed by atoms with Crippen LogP contribution in [0.5, 0.6) is 0 Å². The molecule has 1 fully saturated rings. The van der Waals surface area contributed by atoms with Crippen LogP contribution < -0.4 is 0 Å². The minimum absolute atomic E-state index is 0.00278. The molecule has 76 valence electrons. The second-order valence-corrected chi connectivity index (χ2v) is 6.01. The Labute approximate surface area is 77.3 Å². The van der Waals surface area contributed by atoms with E-state index in [-0.39, 0.29) is 10.9 Å². The van der Waals surface area contributed by atoms with Crippen molar-refractivity contribution in [1.29, 1.82) is 0 Å². The van der Waals surface area contributed by atoms with Gasteiger partial charge >= 0.3 is 7.60 Å². The molecule has 0 spiro atoms. The standard InChI is InChI=1S/C7H14NO4P/c1-6(8-9)13(10)11-4-7(2,3)5-12-13/h9H,4-5H2,1-3H3. The monoisotopic (exact) mass is 207 g/mol. The maximum atomic E-state index is 11.7. The van der Waals surface area contributed by atoms with Gasteiger partial charge in [-0.3, -0.25) is 4.57 Å². The predicted molar refractivity (Wildman–Crippen MR) is 48.2 cm³/mol. The summed E-state index contributed by atoms with van der Waals surface area (Å²) in [7, 11) is -3.28. The van der Waals surface area contributed by atoms with Crippen molar-refractivity contribution < 1.29 is 18.8 Å². The fourth-order valence-corrected chi connectivity index (χ4v) is 2.44. The number of nitrogens with zero attached hydrogens (tertiary/aromatic N) is 1. The van der Waals surface area contributed by atoms with E-state index in [2.05, 4.69) is 5.16 Å². The number of hydrogen-bond donors (Lipinski definition) is 1. The molecule has 0 radical (unpaired) electrons. The average Bonchev–Trinajstić information content (AvgIpc) is 2.09. The summed E-state index contributed by atoms with van der Waals surface area (Å²) in [5, 5.41) is 11.3. The summed E-state index contributed by atoms with van der Waals surface area (Å²) >= 11 is 0. The molecule has 0 unspecified atom stereocenters. The lowest BCUT2D eigenvalue weighted by atomic mass is 9.97. The van der Waals surface area contributed by atoms with Gasteiger partial charge in [0.15, 0.2) is 5.45 Å². The van der Waals surface area contributed by atoms with E-state index in [1.54, 1.807) is 0 Å². The fraction of sp³-hybridized carbons (Fsp3) is 0.857. The van der Waals surface area contributed by atoms with E-state index in [0.717, 1.165) is 0 Å². The van der Waals surface area contributed by atoms with Crippen molar-refractivity contribution in [3.05, 3.63) is 0 Å². The summed E-state index contributed by atoms with van der Waals surface area (Å²) in [5.74, 6) is 0. The zero-order valence-electron chi connectivity index (χ0n) is 7.98. The lowest BCUT2D eigenvalue weighted by Crippen LogP contribution is -2.30. The van der Waals surface area contributed by atoms with E-state index in [9.17, 15) is 4.57 Å². The molecule has 0 aliphatic carbocycles. The molecule has 1 aliphatic heterocycles. The Bertz CT molecular complexity index is 260. The Morgan fingerprint density at radius 3 is 2.31 bits per heavy atom. The molecule has 0 aromatic rings. The highest BCUT2D eigenvalue weighted by molar-refractivity contribution is 7.72. The molecule has 0 saturated carbocycles. The molecule has 5 nitrogen and oxygen atoms in total. The van der Waals surface area contributed by atoms with E-state index in [1.165, 1.54) is 6.92 Å². The molecule has 0 aromatic heterocycles. The van der Waals surface area contributed by atoms with Gasteiger partial charge in [-0.05, 0) is 6.92 Å². The molecule has 0 atom stereocenters. The number of oxime groups is 1. The van der Waals surface area contributed by atoms with Gasteiger partial charge in [-0.15, -0.1) is 0 Å². The second-order valence-electron chi connectivity index (χ2n) is 3.86. The van der Waals surface area contributed by atoms with E-state index < -0.39 is 7.60 Å². The first-order valence-electron chi connectivity index (χ1n) is 3.98. The van der Waals surface area contributed by atoms with Crippen molar-refractivity contribution in [3.8, 4) is 0 Å². The minimum Gasteiger partial charge on any atom is -0.410 e. The average molecular weight is 207 g/mol. The summed E-state index contributed by atoms with van der Waals surface area (Å²) in [6, 6.07) is 0. The van der Waals surface area contributed by atoms with Crippen molar-refractivity contribution in [2.24, 2.45) is 10.6 Å². The first-order chi connectivity index (χ1) is 5.90. The predicted octanol–water partition coefficient (Wildman–Crippen LogP) is 2.06. The van der Waals surface area contributed by atoms with Crippen LogP contribution in [0.2, 0.25) is 0 Å². The molecule has 1 saturated heterocycles. The summed E-state index contributed by atoms with van der Waals surface area (Å²) in [5.41, 5.74) is -0.132. The first-order valence-corrected chi connectivity index (χ1v) is 5.52. The lowest BCUT2D eigenvalue weighted by molar-refractivity contribution is 0.0473. The number of rotatable bonds is 1. The molecule has 1 N–H and O–H groups in total. The van der Waals surface area contributed by atoms with Gasteiger partial charge in [-0.2, -0.15) is 0 Å². The quantitative estimate of drug-likeness (QED) is 0.309. The maximum absolute atomic E-state index is 11.7. The highest BCUT2D eigenvalue weighted by Crippen LogP contribution is 2.54. The Morgan fingerprint density at radius 1 is 1.46 bits per heavy atom. The maximum Gasteiger partial charge on any atom is 0.378 e. The molecule has 0 aromatic carbocycles. The van der Waals surface area contributed by atoms with Crippen molar-refractivity contribution >= 4 is 13.0 Å². The third-order valence-electron chi connectivity index (χ3n) is 1.79. The molecule has 1 heterocycles. The van der Waals surface area contributed by atoms with Crippen molar-refractivity contribution in [1.82, 2.24) is 0 Å². The van der Waals surface area contributed by atoms with Gasteiger partial charge in [-0.25, -0.2) is 0 Å². The van der Waals surface area contributed by atoms with Crippen LogP contribution in [-0.2, 0) is 13.6 Å². The smallest absolute Gasteiger partial charge is 0.378 e. The van der Waals surface area contributed by atoms with E-state index in [0.29, 0.717) is 13.2 Å². The highest BCUT2D eigenvalue weighted by atomic mass is 31.2. The van der Waals surface area contributed by atoms with Crippen LogP contribution in [0.3, 0.4) is 0 Å². The molecule has 0 bridgehead atoms. The van der Waals surface area contributed by atoms with Gasteiger partial charge < -0.3 is 14.3 Å². The molecule has 1 aliphatic rings. The van der Waals surface area contributed by atoms with Crippen molar-refractivity contribution in [2.75, 3.05) is 13.2 Å². The molecule has 6 heteroatoms. The first kappa shape index (κ1) is 10.7. The van der Waals surface area contributed by atoms with Gasteiger partial charge in [-0.1, -0.05) is 19.0 Å². The molecule has 13 heavy (non-hydrogen) atoms. The zero-order valence-corrected chi connectivity index (χ0v) is 8.88. The second kappa shape index (κ2) is 3.40. The highest BCUT2D eigenvalue weighted by Gasteiger charge is 2.39. The van der Waals surface area contributed by atoms with Crippen molar-refractivity contribution in [3.63, 3.8) is 0 Å². The molecular formula is C7H14NO4P. The number of hydrogen-bond acceptors (Lipinski definition) is 5. The third-order valence-corrected chi connectivity index (χ3v) is 3.61. The topological polar surface area (TPSA) is 68.1 Å². The van der Waals surface area contributed by atoms with Gasteiger partial charge in [0.1, 0.15) is 0 Å². The zero-order chi connectivity index (χ0) is 10.1. The van der Waals surface area contributed by atoms with Gasteiger partial charge in [0.05, 0.1) is 13.2 Å². The van der Waals surface area contributed by atoms with Crippen LogP contribution in [0.4, 0.5) is 0 Å². The van der Waals surface area contributed by atoms with Crippen LogP contribution in [-0.4, -0.2) is 23.9 Å². The van der Waals surface area contributed by atoms with Gasteiger partial charge in [0.25, 0.3) is 0 Å². The summed E-state index contributed by atoms with van der Waals surface area (Å²) in [6.45, 7) is 6.00. The Balaban J connectivity index is 2.73.